The molecule has 0 aliphatic rings. The van der Waals surface area contributed by atoms with Gasteiger partial charge in [-0.2, -0.15) is 4.99 Å². The van der Waals surface area contributed by atoms with E-state index in [1.807, 2.05) is 0 Å². The number of nitrogens with zero attached hydrogens (tertiary/aromatic N) is 1. The molecule has 0 unspecified atom stereocenters. The monoisotopic (exact) mass is 261 g/mol. The zero-order valence-electron chi connectivity index (χ0n) is 12.5. The van der Waals surface area contributed by atoms with E-state index in [9.17, 15) is 0 Å². The van der Waals surface area contributed by atoms with E-state index in [0.717, 1.165) is 5.69 Å². The molecule has 0 aliphatic heterocycles. The first-order valence-electron chi connectivity index (χ1n) is 6.31. The van der Waals surface area contributed by atoms with Crippen molar-refractivity contribution in [3.63, 3.8) is 0 Å². The molecule has 0 aliphatic carbocycles. The van der Waals surface area contributed by atoms with Gasteiger partial charge in [0.15, 0.2) is 0 Å². The van der Waals surface area contributed by atoms with Crippen molar-refractivity contribution in [3.8, 4) is 0 Å². The molecule has 0 atom stereocenters. The summed E-state index contributed by atoms with van der Waals surface area (Å²) in [5.74, 6) is 0. The minimum absolute atomic E-state index is 0.0526. The molecule has 0 saturated carbocycles. The fourth-order valence-corrected chi connectivity index (χ4v) is 2.07. The van der Waals surface area contributed by atoms with Crippen LogP contribution in [0.4, 0.5) is 5.69 Å². The van der Waals surface area contributed by atoms with E-state index in [-0.39, 0.29) is 10.8 Å². The number of rotatable bonds is 1. The van der Waals surface area contributed by atoms with E-state index in [1.165, 1.54) is 16.7 Å². The molecule has 18 heavy (non-hydrogen) atoms. The lowest BCUT2D eigenvalue weighted by Crippen LogP contribution is -2.17. The Hall–Kier alpha value is -0.980. The number of benzene rings is 1. The van der Waals surface area contributed by atoms with Gasteiger partial charge in [0.05, 0.1) is 10.8 Å². The van der Waals surface area contributed by atoms with Gasteiger partial charge in [-0.1, -0.05) is 53.7 Å². The highest BCUT2D eigenvalue weighted by Crippen LogP contribution is 2.37. The maximum Gasteiger partial charge on any atom is 0.0806 e. The van der Waals surface area contributed by atoms with Crippen molar-refractivity contribution >= 4 is 23.1 Å². The van der Waals surface area contributed by atoms with Crippen molar-refractivity contribution in [2.75, 3.05) is 0 Å². The van der Waals surface area contributed by atoms with Crippen molar-refractivity contribution in [2.45, 2.75) is 59.3 Å². The first-order valence-corrected chi connectivity index (χ1v) is 6.71. The number of hydrogen-bond acceptors (Lipinski definition) is 2. The first kappa shape index (κ1) is 15.1. The number of aliphatic imine (C=N–C) groups is 1. The van der Waals surface area contributed by atoms with Gasteiger partial charge in [-0.15, -0.1) is 0 Å². The van der Waals surface area contributed by atoms with Crippen LogP contribution in [0.15, 0.2) is 17.1 Å². The van der Waals surface area contributed by atoms with Gasteiger partial charge in [-0.3, -0.25) is 0 Å². The molecule has 0 heterocycles. The molecule has 0 saturated heterocycles. The van der Waals surface area contributed by atoms with Crippen LogP contribution in [0.25, 0.3) is 0 Å². The van der Waals surface area contributed by atoms with Gasteiger partial charge in [0.25, 0.3) is 0 Å². The fourth-order valence-electron chi connectivity index (χ4n) is 1.98. The van der Waals surface area contributed by atoms with E-state index in [0.29, 0.717) is 0 Å². The highest BCUT2D eigenvalue weighted by molar-refractivity contribution is 7.78. The lowest BCUT2D eigenvalue weighted by Gasteiger charge is -2.27. The van der Waals surface area contributed by atoms with Crippen LogP contribution in [0, 0.1) is 6.92 Å². The SMILES string of the molecule is Cc1cc(C(C)(C)C)cc(C(C)(C)C)c1N=C=S. The van der Waals surface area contributed by atoms with Crippen molar-refractivity contribution in [2.24, 2.45) is 4.99 Å². The van der Waals surface area contributed by atoms with Gasteiger partial charge in [0.2, 0.25) is 0 Å². The summed E-state index contributed by atoms with van der Waals surface area (Å²) in [5.41, 5.74) is 4.93. The molecular formula is C16H23NS. The largest absolute Gasteiger partial charge is 0.194 e. The Labute approximate surface area is 116 Å². The van der Waals surface area contributed by atoms with Gasteiger partial charge in [-0.25, -0.2) is 0 Å². The smallest absolute Gasteiger partial charge is 0.0806 e. The molecule has 0 fully saturated rings. The Kier molecular flexibility index (Phi) is 4.15. The molecule has 0 radical (unpaired) electrons. The van der Waals surface area contributed by atoms with E-state index < -0.39 is 0 Å². The van der Waals surface area contributed by atoms with Crippen LogP contribution in [0.5, 0.6) is 0 Å². The maximum absolute atomic E-state index is 4.77. The third kappa shape index (κ3) is 3.28. The lowest BCUT2D eigenvalue weighted by molar-refractivity contribution is 0.568. The molecule has 1 rings (SSSR count). The summed E-state index contributed by atoms with van der Waals surface area (Å²) in [6, 6.07) is 4.47. The zero-order chi connectivity index (χ0) is 14.1. The molecule has 2 heteroatoms. The molecular weight excluding hydrogens is 238 g/mol. The van der Waals surface area contributed by atoms with Crippen LogP contribution in [-0.4, -0.2) is 5.16 Å². The normalized spacial score (nSPS) is 12.2. The molecule has 0 spiro atoms. The van der Waals surface area contributed by atoms with Crippen LogP contribution >= 0.6 is 12.2 Å². The van der Waals surface area contributed by atoms with Gasteiger partial charge >= 0.3 is 0 Å². The Morgan fingerprint density at radius 3 is 1.94 bits per heavy atom. The fraction of sp³-hybridized carbons (Fsp3) is 0.562. The number of hydrogen-bond donors (Lipinski definition) is 0. The van der Waals surface area contributed by atoms with Crippen molar-refractivity contribution < 1.29 is 0 Å². The van der Waals surface area contributed by atoms with E-state index in [1.54, 1.807) is 0 Å². The van der Waals surface area contributed by atoms with E-state index in [2.05, 4.69) is 70.8 Å². The number of aryl methyl sites for hydroxylation is 1. The highest BCUT2D eigenvalue weighted by Gasteiger charge is 2.23. The zero-order valence-corrected chi connectivity index (χ0v) is 13.3. The third-order valence-electron chi connectivity index (χ3n) is 3.13. The van der Waals surface area contributed by atoms with Crippen LogP contribution in [0.3, 0.4) is 0 Å². The molecule has 0 N–H and O–H groups in total. The van der Waals surface area contributed by atoms with Crippen molar-refractivity contribution in [1.82, 2.24) is 0 Å². The topological polar surface area (TPSA) is 12.4 Å². The van der Waals surface area contributed by atoms with Crippen LogP contribution in [0.1, 0.15) is 58.2 Å². The van der Waals surface area contributed by atoms with E-state index >= 15 is 0 Å². The lowest BCUT2D eigenvalue weighted by atomic mass is 9.78. The Morgan fingerprint density at radius 2 is 1.56 bits per heavy atom. The van der Waals surface area contributed by atoms with Crippen LogP contribution in [0.2, 0.25) is 0 Å². The van der Waals surface area contributed by atoms with E-state index in [4.69, 9.17) is 12.2 Å². The predicted octanol–water partition coefficient (Wildman–Crippen LogP) is 5.32. The average Bonchev–Trinajstić information content (AvgIpc) is 2.17. The molecule has 0 bridgehead atoms. The van der Waals surface area contributed by atoms with Crippen LogP contribution < -0.4 is 0 Å². The third-order valence-corrected chi connectivity index (χ3v) is 3.22. The van der Waals surface area contributed by atoms with Gasteiger partial charge in [0, 0.05) is 0 Å². The predicted molar refractivity (Wildman–Crippen MR) is 83.3 cm³/mol. The summed E-state index contributed by atoms with van der Waals surface area (Å²) in [6.07, 6.45) is 0. The number of isothiocyanates is 1. The summed E-state index contributed by atoms with van der Waals surface area (Å²) < 4.78 is 0. The molecule has 1 aromatic carbocycles. The molecule has 0 aromatic heterocycles. The molecule has 1 nitrogen and oxygen atoms in total. The maximum atomic E-state index is 4.77. The summed E-state index contributed by atoms with van der Waals surface area (Å²) in [6.45, 7) is 15.4. The van der Waals surface area contributed by atoms with Gasteiger partial charge in [0.1, 0.15) is 0 Å². The standard InChI is InChI=1S/C16H23NS/c1-11-8-12(15(2,3)4)9-13(16(5,6)7)14(11)17-10-18/h8-9H,1-7H3. The summed E-state index contributed by atoms with van der Waals surface area (Å²) in [5, 5.41) is 2.50. The molecule has 1 aromatic rings. The second-order valence-corrected chi connectivity index (χ2v) is 7.07. The Morgan fingerprint density at radius 1 is 1.00 bits per heavy atom. The van der Waals surface area contributed by atoms with Crippen LogP contribution in [-0.2, 0) is 10.8 Å². The van der Waals surface area contributed by atoms with Crippen molar-refractivity contribution in [1.29, 1.82) is 0 Å². The summed E-state index contributed by atoms with van der Waals surface area (Å²) >= 11 is 4.77. The van der Waals surface area contributed by atoms with Crippen molar-refractivity contribution in [3.05, 3.63) is 28.8 Å². The Bertz CT molecular complexity index is 495. The quantitative estimate of drug-likeness (QED) is 0.492. The average molecular weight is 261 g/mol. The minimum Gasteiger partial charge on any atom is -0.194 e. The minimum atomic E-state index is 0.0526. The second-order valence-electron chi connectivity index (χ2n) is 6.89. The van der Waals surface area contributed by atoms with Gasteiger partial charge < -0.3 is 0 Å². The first-order chi connectivity index (χ1) is 8.07. The summed E-state index contributed by atoms with van der Waals surface area (Å²) in [7, 11) is 0. The Balaban J connectivity index is 3.63. The molecule has 98 valence electrons. The summed E-state index contributed by atoms with van der Waals surface area (Å²) in [4.78, 5) is 4.26. The van der Waals surface area contributed by atoms with Gasteiger partial charge in [-0.05, 0) is 46.7 Å². The second kappa shape index (κ2) is 4.95. The molecule has 0 amide bonds. The number of thiocarbonyl (C=S) groups is 1. The highest BCUT2D eigenvalue weighted by atomic mass is 32.1.